The Balaban J connectivity index is 1.95. The van der Waals surface area contributed by atoms with Crippen molar-refractivity contribution in [3.8, 4) is 0 Å². The van der Waals surface area contributed by atoms with Crippen LogP contribution < -0.4 is 11.1 Å². The van der Waals surface area contributed by atoms with Gasteiger partial charge in [-0.2, -0.15) is 0 Å². The first kappa shape index (κ1) is 13.6. The molecule has 4 heteroatoms. The highest BCUT2D eigenvalue weighted by Crippen LogP contribution is 2.12. The molecule has 0 aliphatic rings. The minimum atomic E-state index is -0.0529. The normalized spacial score (nSPS) is 10.2. The Morgan fingerprint density at radius 2 is 1.58 bits per heavy atom. The molecule has 1 amide bonds. The van der Waals surface area contributed by atoms with Gasteiger partial charge >= 0.3 is 0 Å². The summed E-state index contributed by atoms with van der Waals surface area (Å²) < 4.78 is 0. The summed E-state index contributed by atoms with van der Waals surface area (Å²) in [5.74, 6) is -0.0529. The summed E-state index contributed by atoms with van der Waals surface area (Å²) in [4.78, 5) is 11.9. The van der Waals surface area contributed by atoms with E-state index in [1.54, 1.807) is 12.1 Å². The number of amides is 1. The number of rotatable bonds is 4. The lowest BCUT2D eigenvalue weighted by Crippen LogP contribution is -2.14. The van der Waals surface area contributed by atoms with Gasteiger partial charge in [0.1, 0.15) is 0 Å². The molecule has 0 spiro atoms. The number of carbonyl (C=O) groups excluding carboxylic acids is 1. The highest BCUT2D eigenvalue weighted by molar-refractivity contribution is 6.30. The van der Waals surface area contributed by atoms with Crippen molar-refractivity contribution < 1.29 is 4.79 Å². The van der Waals surface area contributed by atoms with E-state index in [4.69, 9.17) is 17.3 Å². The summed E-state index contributed by atoms with van der Waals surface area (Å²) in [6.45, 7) is 0.499. The van der Waals surface area contributed by atoms with Crippen LogP contribution in [0.2, 0.25) is 5.02 Å². The van der Waals surface area contributed by atoms with E-state index < -0.39 is 0 Å². The maximum absolute atomic E-state index is 11.9. The van der Waals surface area contributed by atoms with Crippen LogP contribution in [0.1, 0.15) is 11.1 Å². The second-order valence-corrected chi connectivity index (χ2v) is 4.69. The van der Waals surface area contributed by atoms with Crippen molar-refractivity contribution in [3.63, 3.8) is 0 Å². The maximum Gasteiger partial charge on any atom is 0.228 e. The molecule has 0 unspecified atom stereocenters. The zero-order valence-corrected chi connectivity index (χ0v) is 11.2. The molecule has 0 aliphatic carbocycles. The third kappa shape index (κ3) is 4.09. The Hall–Kier alpha value is -1.84. The molecule has 0 atom stereocenters. The molecule has 98 valence electrons. The van der Waals surface area contributed by atoms with Crippen LogP contribution in [0, 0.1) is 0 Å². The standard InChI is InChI=1S/C15H15ClN2O/c16-13-5-1-11(2-6-13)9-15(19)18-14-7-3-12(10-17)4-8-14/h1-8H,9-10,17H2,(H,18,19). The Morgan fingerprint density at radius 3 is 2.16 bits per heavy atom. The predicted molar refractivity (Wildman–Crippen MR) is 78.1 cm³/mol. The van der Waals surface area contributed by atoms with Gasteiger partial charge in [-0.05, 0) is 35.4 Å². The molecule has 0 bridgehead atoms. The van der Waals surface area contributed by atoms with E-state index in [-0.39, 0.29) is 5.91 Å². The van der Waals surface area contributed by atoms with Gasteiger partial charge in [-0.25, -0.2) is 0 Å². The van der Waals surface area contributed by atoms with Crippen LogP contribution in [0.25, 0.3) is 0 Å². The van der Waals surface area contributed by atoms with Gasteiger partial charge in [0.15, 0.2) is 0 Å². The SMILES string of the molecule is NCc1ccc(NC(=O)Cc2ccc(Cl)cc2)cc1. The van der Waals surface area contributed by atoms with Crippen molar-refractivity contribution in [1.82, 2.24) is 0 Å². The van der Waals surface area contributed by atoms with Gasteiger partial charge in [0.05, 0.1) is 6.42 Å². The number of nitrogens with two attached hydrogens (primary N) is 1. The summed E-state index contributed by atoms with van der Waals surface area (Å²) in [5.41, 5.74) is 8.26. The largest absolute Gasteiger partial charge is 0.326 e. The lowest BCUT2D eigenvalue weighted by Gasteiger charge is -2.06. The van der Waals surface area contributed by atoms with Crippen LogP contribution >= 0.6 is 11.6 Å². The number of hydrogen-bond acceptors (Lipinski definition) is 2. The van der Waals surface area contributed by atoms with E-state index in [9.17, 15) is 4.79 Å². The lowest BCUT2D eigenvalue weighted by atomic mass is 10.1. The molecule has 0 saturated carbocycles. The fourth-order valence-corrected chi connectivity index (χ4v) is 1.84. The van der Waals surface area contributed by atoms with E-state index in [1.807, 2.05) is 36.4 Å². The first-order chi connectivity index (χ1) is 9.17. The number of hydrogen-bond donors (Lipinski definition) is 2. The third-order valence-corrected chi connectivity index (χ3v) is 3.00. The zero-order chi connectivity index (χ0) is 13.7. The van der Waals surface area contributed by atoms with Gasteiger partial charge in [-0.1, -0.05) is 35.9 Å². The maximum atomic E-state index is 11.9. The van der Waals surface area contributed by atoms with Crippen molar-refractivity contribution in [2.45, 2.75) is 13.0 Å². The number of anilines is 1. The summed E-state index contributed by atoms with van der Waals surface area (Å²) in [7, 11) is 0. The summed E-state index contributed by atoms with van der Waals surface area (Å²) in [6.07, 6.45) is 0.329. The first-order valence-corrected chi connectivity index (χ1v) is 6.38. The zero-order valence-electron chi connectivity index (χ0n) is 10.4. The smallest absolute Gasteiger partial charge is 0.228 e. The molecule has 3 nitrogen and oxygen atoms in total. The minimum Gasteiger partial charge on any atom is -0.326 e. The molecule has 2 aromatic carbocycles. The second-order valence-electron chi connectivity index (χ2n) is 4.25. The molecule has 3 N–H and O–H groups in total. The molecular formula is C15H15ClN2O. The van der Waals surface area contributed by atoms with Crippen molar-refractivity contribution >= 4 is 23.2 Å². The molecule has 0 aliphatic heterocycles. The molecule has 0 heterocycles. The fraction of sp³-hybridized carbons (Fsp3) is 0.133. The number of benzene rings is 2. The summed E-state index contributed by atoms with van der Waals surface area (Å²) >= 11 is 5.80. The average Bonchev–Trinajstić information content (AvgIpc) is 2.42. The lowest BCUT2D eigenvalue weighted by molar-refractivity contribution is -0.115. The van der Waals surface area contributed by atoms with Crippen molar-refractivity contribution in [2.75, 3.05) is 5.32 Å². The Labute approximate surface area is 117 Å². The quantitative estimate of drug-likeness (QED) is 0.901. The Morgan fingerprint density at radius 1 is 1.00 bits per heavy atom. The number of halogens is 1. The minimum absolute atomic E-state index is 0.0529. The molecule has 0 aromatic heterocycles. The Bertz CT molecular complexity index is 549. The van der Waals surface area contributed by atoms with Crippen LogP contribution in [-0.4, -0.2) is 5.91 Å². The average molecular weight is 275 g/mol. The summed E-state index contributed by atoms with van der Waals surface area (Å²) in [5, 5.41) is 3.51. The van der Waals surface area contributed by atoms with Gasteiger partial charge in [0, 0.05) is 17.3 Å². The van der Waals surface area contributed by atoms with E-state index in [0.717, 1.165) is 16.8 Å². The highest BCUT2D eigenvalue weighted by atomic mass is 35.5. The van der Waals surface area contributed by atoms with Crippen LogP contribution in [0.3, 0.4) is 0 Å². The molecule has 19 heavy (non-hydrogen) atoms. The fourth-order valence-electron chi connectivity index (χ4n) is 1.72. The monoisotopic (exact) mass is 274 g/mol. The van der Waals surface area contributed by atoms with Gasteiger partial charge in [0.25, 0.3) is 0 Å². The van der Waals surface area contributed by atoms with E-state index >= 15 is 0 Å². The highest BCUT2D eigenvalue weighted by Gasteiger charge is 2.04. The topological polar surface area (TPSA) is 55.1 Å². The third-order valence-electron chi connectivity index (χ3n) is 2.75. The van der Waals surface area contributed by atoms with Crippen LogP contribution in [0.15, 0.2) is 48.5 Å². The van der Waals surface area contributed by atoms with Crippen molar-refractivity contribution in [3.05, 3.63) is 64.7 Å². The molecule has 0 radical (unpaired) electrons. The van der Waals surface area contributed by atoms with E-state index in [0.29, 0.717) is 18.0 Å². The van der Waals surface area contributed by atoms with Gasteiger partial charge in [-0.3, -0.25) is 4.79 Å². The predicted octanol–water partition coefficient (Wildman–Crippen LogP) is 2.98. The van der Waals surface area contributed by atoms with Gasteiger partial charge < -0.3 is 11.1 Å². The first-order valence-electron chi connectivity index (χ1n) is 6.00. The number of carbonyl (C=O) groups is 1. The van der Waals surface area contributed by atoms with E-state index in [2.05, 4.69) is 5.32 Å². The molecule has 2 rings (SSSR count). The van der Waals surface area contributed by atoms with Crippen molar-refractivity contribution in [2.24, 2.45) is 5.73 Å². The van der Waals surface area contributed by atoms with Crippen LogP contribution in [0.5, 0.6) is 0 Å². The van der Waals surface area contributed by atoms with Crippen LogP contribution in [-0.2, 0) is 17.8 Å². The molecule has 2 aromatic rings. The number of nitrogens with one attached hydrogen (secondary N) is 1. The summed E-state index contributed by atoms with van der Waals surface area (Å²) in [6, 6.07) is 14.7. The van der Waals surface area contributed by atoms with Crippen LogP contribution in [0.4, 0.5) is 5.69 Å². The molecular weight excluding hydrogens is 260 g/mol. The molecule has 0 saturated heterocycles. The van der Waals surface area contributed by atoms with E-state index in [1.165, 1.54) is 0 Å². The van der Waals surface area contributed by atoms with Crippen molar-refractivity contribution in [1.29, 1.82) is 0 Å². The van der Waals surface area contributed by atoms with Gasteiger partial charge in [-0.15, -0.1) is 0 Å². The second kappa shape index (κ2) is 6.36. The molecule has 0 fully saturated rings. The van der Waals surface area contributed by atoms with Gasteiger partial charge in [0.2, 0.25) is 5.91 Å². The Kier molecular flexibility index (Phi) is 4.55.